The van der Waals surface area contributed by atoms with Crippen molar-refractivity contribution in [2.45, 2.75) is 50.6 Å². The van der Waals surface area contributed by atoms with Crippen molar-refractivity contribution in [2.75, 3.05) is 6.54 Å². The predicted octanol–water partition coefficient (Wildman–Crippen LogP) is 0.988. The molecule has 0 fully saturated rings. The molecule has 2 N–H and O–H groups in total. The Morgan fingerprint density at radius 1 is 1.50 bits per heavy atom. The number of carbonyl (C=O) groups excluding carboxylic acids is 1. The van der Waals surface area contributed by atoms with Crippen LogP contribution in [-0.2, 0) is 11.3 Å². The Hall–Kier alpha value is -1.24. The summed E-state index contributed by atoms with van der Waals surface area (Å²) in [5, 5.41) is 9.49. The van der Waals surface area contributed by atoms with Crippen LogP contribution in [0, 0.1) is 0 Å². The Balaban J connectivity index is 2.66. The van der Waals surface area contributed by atoms with E-state index in [1.165, 1.54) is 11.8 Å². The van der Waals surface area contributed by atoms with Gasteiger partial charge >= 0.3 is 5.69 Å². The largest absolute Gasteiger partial charge is 0.355 e. The molecule has 102 valence electrons. The highest BCUT2D eigenvalue weighted by molar-refractivity contribution is 8.00. The lowest BCUT2D eigenvalue weighted by Gasteiger charge is -2.11. The molecule has 0 saturated carbocycles. The number of hydrogen-bond donors (Lipinski definition) is 2. The summed E-state index contributed by atoms with van der Waals surface area (Å²) in [7, 11) is 0. The zero-order chi connectivity index (χ0) is 13.5. The first kappa shape index (κ1) is 14.8. The number of hydrogen-bond acceptors (Lipinski definition) is 4. The second kappa shape index (κ2) is 7.25. The summed E-state index contributed by atoms with van der Waals surface area (Å²) in [6, 6.07) is 0. The summed E-state index contributed by atoms with van der Waals surface area (Å²) in [5.74, 6) is -0.0275. The molecular weight excluding hydrogens is 252 g/mol. The Labute approximate surface area is 111 Å². The minimum Gasteiger partial charge on any atom is -0.355 e. The van der Waals surface area contributed by atoms with E-state index in [0.29, 0.717) is 18.2 Å². The van der Waals surface area contributed by atoms with Crippen LogP contribution in [0.5, 0.6) is 0 Å². The molecule has 1 aromatic heterocycles. The van der Waals surface area contributed by atoms with Crippen LogP contribution in [0.2, 0.25) is 0 Å². The van der Waals surface area contributed by atoms with Crippen LogP contribution >= 0.6 is 11.8 Å². The van der Waals surface area contributed by atoms with Crippen LogP contribution in [0.15, 0.2) is 9.95 Å². The zero-order valence-corrected chi connectivity index (χ0v) is 11.8. The Kier molecular flexibility index (Phi) is 5.97. The van der Waals surface area contributed by atoms with Crippen LogP contribution in [0.25, 0.3) is 0 Å². The van der Waals surface area contributed by atoms with Gasteiger partial charge in [0.2, 0.25) is 5.91 Å². The summed E-state index contributed by atoms with van der Waals surface area (Å²) in [4.78, 5) is 23.2. The van der Waals surface area contributed by atoms with Crippen molar-refractivity contribution in [2.24, 2.45) is 0 Å². The lowest BCUT2D eigenvalue weighted by Crippen LogP contribution is -2.31. The first-order valence-corrected chi connectivity index (χ1v) is 7.07. The Bertz CT molecular complexity index is 440. The lowest BCUT2D eigenvalue weighted by molar-refractivity contribution is -0.120. The van der Waals surface area contributed by atoms with Crippen LogP contribution in [0.1, 0.15) is 33.6 Å². The van der Waals surface area contributed by atoms with Gasteiger partial charge in [-0.1, -0.05) is 25.6 Å². The number of H-pyrrole nitrogens is 1. The van der Waals surface area contributed by atoms with E-state index >= 15 is 0 Å². The standard InChI is InChI=1S/C11H20N4O2S/c1-4-6-12-9(16)8(3)18-11-14-13-10(17)15(11)7-5-2/h8H,4-7H2,1-3H3,(H,12,16)(H,13,17)/t8-/m0/s1. The molecule has 1 atom stereocenters. The molecule has 1 rings (SSSR count). The molecule has 0 radical (unpaired) electrons. The van der Waals surface area contributed by atoms with Gasteiger partial charge in [-0.25, -0.2) is 9.89 Å². The van der Waals surface area contributed by atoms with Gasteiger partial charge in [0.1, 0.15) is 0 Å². The van der Waals surface area contributed by atoms with Crippen molar-refractivity contribution >= 4 is 17.7 Å². The molecule has 6 nitrogen and oxygen atoms in total. The molecule has 7 heteroatoms. The van der Waals surface area contributed by atoms with E-state index in [1.807, 2.05) is 20.8 Å². The van der Waals surface area contributed by atoms with Crippen molar-refractivity contribution in [1.29, 1.82) is 0 Å². The van der Waals surface area contributed by atoms with Crippen molar-refractivity contribution in [1.82, 2.24) is 20.1 Å². The highest BCUT2D eigenvalue weighted by Gasteiger charge is 2.18. The third-order valence-corrected chi connectivity index (χ3v) is 3.46. The average Bonchev–Trinajstić information content (AvgIpc) is 2.69. The fraction of sp³-hybridized carbons (Fsp3) is 0.727. The van der Waals surface area contributed by atoms with Gasteiger partial charge in [-0.3, -0.25) is 9.36 Å². The predicted molar refractivity (Wildman–Crippen MR) is 71.8 cm³/mol. The molecule has 0 saturated heterocycles. The maximum atomic E-state index is 11.7. The summed E-state index contributed by atoms with van der Waals surface area (Å²) < 4.78 is 1.56. The third kappa shape index (κ3) is 3.90. The number of aromatic amines is 1. The molecule has 0 aliphatic rings. The second-order valence-electron chi connectivity index (χ2n) is 4.01. The van der Waals surface area contributed by atoms with Gasteiger partial charge in [-0.05, 0) is 19.8 Å². The van der Waals surface area contributed by atoms with Crippen LogP contribution in [0.3, 0.4) is 0 Å². The fourth-order valence-electron chi connectivity index (χ4n) is 1.42. The number of carbonyl (C=O) groups is 1. The van der Waals surface area contributed by atoms with Crippen LogP contribution in [-0.4, -0.2) is 32.5 Å². The maximum Gasteiger partial charge on any atom is 0.343 e. The topological polar surface area (TPSA) is 79.8 Å². The maximum absolute atomic E-state index is 11.7. The molecule has 0 spiro atoms. The molecule has 0 aliphatic heterocycles. The first-order chi connectivity index (χ1) is 8.60. The highest BCUT2D eigenvalue weighted by atomic mass is 32.2. The molecule has 0 aromatic carbocycles. The van der Waals surface area contributed by atoms with Crippen LogP contribution < -0.4 is 11.0 Å². The van der Waals surface area contributed by atoms with Crippen LogP contribution in [0.4, 0.5) is 0 Å². The van der Waals surface area contributed by atoms with Gasteiger partial charge in [0, 0.05) is 13.1 Å². The number of aromatic nitrogens is 3. The number of amides is 1. The van der Waals surface area contributed by atoms with E-state index in [9.17, 15) is 9.59 Å². The zero-order valence-electron chi connectivity index (χ0n) is 11.0. The average molecular weight is 272 g/mol. The summed E-state index contributed by atoms with van der Waals surface area (Å²) in [6.45, 7) is 7.09. The number of nitrogens with one attached hydrogen (secondary N) is 2. The number of thioether (sulfide) groups is 1. The molecular formula is C11H20N4O2S. The quantitative estimate of drug-likeness (QED) is 0.725. The summed E-state index contributed by atoms with van der Waals surface area (Å²) in [6.07, 6.45) is 1.76. The van der Waals surface area contributed by atoms with E-state index in [2.05, 4.69) is 15.5 Å². The minimum atomic E-state index is -0.262. The fourth-order valence-corrected chi connectivity index (χ4v) is 2.32. The first-order valence-electron chi connectivity index (χ1n) is 6.19. The van der Waals surface area contributed by atoms with E-state index in [4.69, 9.17) is 0 Å². The Morgan fingerprint density at radius 2 is 2.22 bits per heavy atom. The Morgan fingerprint density at radius 3 is 2.83 bits per heavy atom. The van der Waals surface area contributed by atoms with Crippen molar-refractivity contribution in [3.8, 4) is 0 Å². The van der Waals surface area contributed by atoms with Crippen molar-refractivity contribution in [3.63, 3.8) is 0 Å². The molecule has 0 bridgehead atoms. The van der Waals surface area contributed by atoms with E-state index in [0.717, 1.165) is 12.8 Å². The van der Waals surface area contributed by atoms with Gasteiger partial charge in [0.15, 0.2) is 5.16 Å². The minimum absolute atomic E-state index is 0.0275. The summed E-state index contributed by atoms with van der Waals surface area (Å²) in [5.41, 5.74) is -0.222. The second-order valence-corrected chi connectivity index (χ2v) is 5.32. The van der Waals surface area contributed by atoms with Crippen molar-refractivity contribution in [3.05, 3.63) is 10.5 Å². The molecule has 1 amide bonds. The number of rotatable bonds is 7. The van der Waals surface area contributed by atoms with E-state index in [1.54, 1.807) is 4.57 Å². The molecule has 0 aliphatic carbocycles. The number of nitrogens with zero attached hydrogens (tertiary/aromatic N) is 2. The van der Waals surface area contributed by atoms with E-state index < -0.39 is 0 Å². The van der Waals surface area contributed by atoms with Gasteiger partial charge < -0.3 is 5.32 Å². The van der Waals surface area contributed by atoms with Gasteiger partial charge in [-0.15, -0.1) is 5.10 Å². The lowest BCUT2D eigenvalue weighted by atomic mass is 10.4. The van der Waals surface area contributed by atoms with Gasteiger partial charge in [-0.2, -0.15) is 0 Å². The third-order valence-electron chi connectivity index (χ3n) is 2.37. The SMILES string of the molecule is CCCNC(=O)[C@H](C)Sc1n[nH]c(=O)n1CCC. The highest BCUT2D eigenvalue weighted by Crippen LogP contribution is 2.19. The molecule has 18 heavy (non-hydrogen) atoms. The normalized spacial score (nSPS) is 12.4. The van der Waals surface area contributed by atoms with Crippen molar-refractivity contribution < 1.29 is 4.79 Å². The smallest absolute Gasteiger partial charge is 0.343 e. The van der Waals surface area contributed by atoms with Gasteiger partial charge in [0.05, 0.1) is 5.25 Å². The monoisotopic (exact) mass is 272 g/mol. The molecule has 0 unspecified atom stereocenters. The summed E-state index contributed by atoms with van der Waals surface area (Å²) >= 11 is 1.30. The molecule has 1 aromatic rings. The van der Waals surface area contributed by atoms with Gasteiger partial charge in [0.25, 0.3) is 0 Å². The van der Waals surface area contributed by atoms with E-state index in [-0.39, 0.29) is 16.8 Å². The molecule has 1 heterocycles.